The van der Waals surface area contributed by atoms with Gasteiger partial charge in [0.05, 0.1) is 30.1 Å². The Kier molecular flexibility index (Phi) is 5.18. The van der Waals surface area contributed by atoms with Crippen LogP contribution in [0.5, 0.6) is 5.75 Å². The summed E-state index contributed by atoms with van der Waals surface area (Å²) in [6, 6.07) is 9.98. The van der Waals surface area contributed by atoms with E-state index in [1.165, 1.54) is 57.6 Å². The van der Waals surface area contributed by atoms with E-state index < -0.39 is 21.9 Å². The fraction of sp³-hybridized carbons (Fsp3) is 0.211. The molecule has 0 aliphatic carbocycles. The zero-order valence-electron chi connectivity index (χ0n) is 15.9. The van der Waals surface area contributed by atoms with E-state index in [0.717, 1.165) is 4.68 Å². The molecule has 0 saturated heterocycles. The van der Waals surface area contributed by atoms with Gasteiger partial charge in [-0.2, -0.15) is 5.10 Å². The normalized spacial score (nSPS) is 11.1. The van der Waals surface area contributed by atoms with E-state index in [1.54, 1.807) is 12.1 Å². The molecule has 0 saturated carbocycles. The van der Waals surface area contributed by atoms with Gasteiger partial charge in [0.1, 0.15) is 17.0 Å². The van der Waals surface area contributed by atoms with Crippen molar-refractivity contribution < 1.29 is 18.9 Å². The lowest BCUT2D eigenvalue weighted by molar-refractivity contribution is -0.384. The van der Waals surface area contributed by atoms with Gasteiger partial charge in [-0.05, 0) is 38.1 Å². The molecule has 0 bridgehead atoms. The van der Waals surface area contributed by atoms with Crippen molar-refractivity contribution >= 4 is 17.3 Å². The smallest absolute Gasteiger partial charge is 0.273 e. The van der Waals surface area contributed by atoms with E-state index in [0.29, 0.717) is 11.5 Å². The van der Waals surface area contributed by atoms with Gasteiger partial charge < -0.3 is 14.5 Å². The average molecular weight is 398 g/mol. The van der Waals surface area contributed by atoms with Crippen LogP contribution in [-0.4, -0.2) is 27.7 Å². The molecule has 150 valence electrons. The van der Waals surface area contributed by atoms with Crippen LogP contribution in [0.3, 0.4) is 0 Å². The van der Waals surface area contributed by atoms with E-state index in [9.17, 15) is 19.7 Å². The minimum Gasteiger partial charge on any atom is -0.494 e. The summed E-state index contributed by atoms with van der Waals surface area (Å²) in [5.41, 5.74) is -1.42. The third-order valence-electron chi connectivity index (χ3n) is 4.30. The summed E-state index contributed by atoms with van der Waals surface area (Å²) in [5.74, 6) is 0.0100. The molecule has 3 rings (SSSR count). The molecule has 1 aromatic carbocycles. The van der Waals surface area contributed by atoms with Crippen molar-refractivity contribution in [3.8, 4) is 17.2 Å². The summed E-state index contributed by atoms with van der Waals surface area (Å²) < 4.78 is 11.5. The molecule has 0 spiro atoms. The van der Waals surface area contributed by atoms with Gasteiger partial charge in [-0.25, -0.2) is 4.68 Å². The number of non-ortho nitro benzene ring substituents is 1. The molecule has 3 aromatic rings. The van der Waals surface area contributed by atoms with E-state index in [1.807, 2.05) is 0 Å². The van der Waals surface area contributed by atoms with Crippen molar-refractivity contribution in [3.63, 3.8) is 0 Å². The number of aromatic nitrogens is 2. The summed E-state index contributed by atoms with van der Waals surface area (Å²) in [7, 11) is 1.33. The highest BCUT2D eigenvalue weighted by Gasteiger charge is 2.33. The van der Waals surface area contributed by atoms with Crippen molar-refractivity contribution in [3.05, 3.63) is 69.2 Å². The molecule has 10 nitrogen and oxygen atoms in total. The van der Waals surface area contributed by atoms with Crippen molar-refractivity contribution in [2.24, 2.45) is 0 Å². The molecule has 0 atom stereocenters. The lowest BCUT2D eigenvalue weighted by Crippen LogP contribution is -2.47. The van der Waals surface area contributed by atoms with Gasteiger partial charge >= 0.3 is 0 Å². The number of nitro groups is 1. The second-order valence-corrected chi connectivity index (χ2v) is 6.60. The van der Waals surface area contributed by atoms with E-state index in [-0.39, 0.29) is 17.1 Å². The number of benzene rings is 1. The summed E-state index contributed by atoms with van der Waals surface area (Å²) in [6.07, 6.45) is 1.48. The molecule has 0 unspecified atom stereocenters. The predicted molar refractivity (Wildman–Crippen MR) is 104 cm³/mol. The lowest BCUT2D eigenvalue weighted by atomic mass is 10.0. The summed E-state index contributed by atoms with van der Waals surface area (Å²) >= 11 is 0. The van der Waals surface area contributed by atoms with Crippen LogP contribution in [0.4, 0.5) is 11.4 Å². The Morgan fingerprint density at radius 3 is 2.66 bits per heavy atom. The Morgan fingerprint density at radius 1 is 1.28 bits per heavy atom. The molecule has 0 aliphatic heterocycles. The number of carbonyl (C=O) groups is 1. The fourth-order valence-electron chi connectivity index (χ4n) is 2.64. The van der Waals surface area contributed by atoms with Gasteiger partial charge in [0.2, 0.25) is 0 Å². The van der Waals surface area contributed by atoms with Crippen molar-refractivity contribution in [1.29, 1.82) is 0 Å². The maximum atomic E-state index is 12.9. The maximum Gasteiger partial charge on any atom is 0.273 e. The second-order valence-electron chi connectivity index (χ2n) is 6.60. The summed E-state index contributed by atoms with van der Waals surface area (Å²) in [4.78, 5) is 35.7. The standard InChI is InChI=1S/C19H18N4O6/c1-19(2,22-17(24)9-8-14(21-22)15-5-4-10-29-15)18(25)20-13-7-6-12(23(26)27)11-16(13)28-3/h4-11H,1-3H3,(H,20,25). The number of rotatable bonds is 6. The van der Waals surface area contributed by atoms with Crippen LogP contribution in [0.2, 0.25) is 0 Å². The SMILES string of the molecule is COc1cc([N+](=O)[O-])ccc1NC(=O)C(C)(C)n1nc(-c2ccco2)ccc1=O. The van der Waals surface area contributed by atoms with Crippen molar-refractivity contribution in [2.75, 3.05) is 12.4 Å². The average Bonchev–Trinajstić information content (AvgIpc) is 3.23. The first-order valence-corrected chi connectivity index (χ1v) is 8.52. The molecule has 0 aliphatic rings. The Balaban J connectivity index is 1.94. The van der Waals surface area contributed by atoms with Crippen LogP contribution in [0, 0.1) is 10.1 Å². The van der Waals surface area contributed by atoms with E-state index >= 15 is 0 Å². The highest BCUT2D eigenvalue weighted by molar-refractivity contribution is 5.97. The first-order valence-electron chi connectivity index (χ1n) is 8.52. The topological polar surface area (TPSA) is 130 Å². The van der Waals surface area contributed by atoms with Gasteiger partial charge in [-0.15, -0.1) is 0 Å². The molecule has 10 heteroatoms. The molecular formula is C19H18N4O6. The van der Waals surface area contributed by atoms with Crippen molar-refractivity contribution in [1.82, 2.24) is 9.78 Å². The third-order valence-corrected chi connectivity index (χ3v) is 4.30. The number of ether oxygens (including phenoxy) is 1. The lowest BCUT2D eigenvalue weighted by Gasteiger charge is -2.25. The van der Waals surface area contributed by atoms with Gasteiger partial charge in [-0.3, -0.25) is 19.7 Å². The number of nitrogens with one attached hydrogen (secondary N) is 1. The number of carbonyl (C=O) groups excluding carboxylic acids is 1. The van der Waals surface area contributed by atoms with Crippen molar-refractivity contribution in [2.45, 2.75) is 19.4 Å². The van der Waals surface area contributed by atoms with Crippen LogP contribution in [-0.2, 0) is 10.3 Å². The number of furan rings is 1. The molecule has 2 heterocycles. The summed E-state index contributed by atoms with van der Waals surface area (Å²) in [5, 5.41) is 17.8. The van der Waals surface area contributed by atoms with Gasteiger partial charge in [0, 0.05) is 12.1 Å². The van der Waals surface area contributed by atoms with Crippen LogP contribution in [0.15, 0.2) is 57.9 Å². The number of nitrogens with zero attached hydrogens (tertiary/aromatic N) is 3. The third kappa shape index (κ3) is 3.86. The molecule has 29 heavy (non-hydrogen) atoms. The number of methoxy groups -OCH3 is 1. The quantitative estimate of drug-likeness (QED) is 0.499. The zero-order chi connectivity index (χ0) is 21.2. The molecule has 1 N–H and O–H groups in total. The molecule has 1 amide bonds. The Morgan fingerprint density at radius 2 is 2.03 bits per heavy atom. The highest BCUT2D eigenvalue weighted by Crippen LogP contribution is 2.30. The van der Waals surface area contributed by atoms with E-state index in [4.69, 9.17) is 9.15 Å². The van der Waals surface area contributed by atoms with Gasteiger partial charge in [0.15, 0.2) is 5.76 Å². The maximum absolute atomic E-state index is 12.9. The minimum absolute atomic E-state index is 0.119. The molecule has 0 radical (unpaired) electrons. The molecular weight excluding hydrogens is 380 g/mol. The van der Waals surface area contributed by atoms with Gasteiger partial charge in [-0.1, -0.05) is 0 Å². The Labute approximate surface area is 164 Å². The number of nitro benzene ring substituents is 1. The zero-order valence-corrected chi connectivity index (χ0v) is 15.9. The van der Waals surface area contributed by atoms with Gasteiger partial charge in [0.25, 0.3) is 17.2 Å². The van der Waals surface area contributed by atoms with E-state index in [2.05, 4.69) is 10.4 Å². The number of hydrogen-bond donors (Lipinski definition) is 1. The first kappa shape index (κ1) is 19.8. The van der Waals surface area contributed by atoms with Crippen LogP contribution < -0.4 is 15.6 Å². The Bertz CT molecular complexity index is 1120. The molecule has 2 aromatic heterocycles. The number of hydrogen-bond acceptors (Lipinski definition) is 7. The fourth-order valence-corrected chi connectivity index (χ4v) is 2.64. The predicted octanol–water partition coefficient (Wildman–Crippen LogP) is 2.79. The highest BCUT2D eigenvalue weighted by atomic mass is 16.6. The summed E-state index contributed by atoms with van der Waals surface area (Å²) in [6.45, 7) is 3.06. The monoisotopic (exact) mass is 398 g/mol. The first-order chi connectivity index (χ1) is 13.7. The number of anilines is 1. The van der Waals surface area contributed by atoms with Crippen LogP contribution in [0.1, 0.15) is 13.8 Å². The van der Waals surface area contributed by atoms with Crippen LogP contribution >= 0.6 is 0 Å². The number of amides is 1. The van der Waals surface area contributed by atoms with Crippen LogP contribution in [0.25, 0.3) is 11.5 Å². The second kappa shape index (κ2) is 7.58. The minimum atomic E-state index is -1.38. The Hall–Kier alpha value is -3.95. The molecule has 0 fully saturated rings. The largest absolute Gasteiger partial charge is 0.494 e.